The van der Waals surface area contributed by atoms with Crippen LogP contribution in [0.1, 0.15) is 87.5 Å². The predicted octanol–water partition coefficient (Wildman–Crippen LogP) is 3.67. The molecule has 1 saturated heterocycles. The van der Waals surface area contributed by atoms with Crippen LogP contribution < -0.4 is 10.6 Å². The van der Waals surface area contributed by atoms with E-state index in [0.29, 0.717) is 11.4 Å². The van der Waals surface area contributed by atoms with Crippen molar-refractivity contribution in [2.45, 2.75) is 97.0 Å². The zero-order valence-electron chi connectivity index (χ0n) is 28.4. The standard InChI is InChI=1S/C34H49N5O7S/c1-20(2)28(39(7)33(43)22(4)35-31(42)27-14-11-15-38(27)6)18-29(46-23(5)40)32-37-26(19-47-32)30(41)36-25(16-21(3)34(44)45)17-24-12-9-8-10-13-24/h8-10,12-13,19-22,25,27-29H,11,14-18H2,1-7H3,(H,35,42)(H,36,41)(H,44,45)/t21?,22?,25?,27-,28?,29?/m1/s1. The molecule has 13 heteroatoms. The fourth-order valence-electron chi connectivity index (χ4n) is 6.00. The van der Waals surface area contributed by atoms with Crippen LogP contribution in [-0.2, 0) is 30.3 Å². The molecule has 0 radical (unpaired) electrons. The Morgan fingerprint density at radius 3 is 2.34 bits per heavy atom. The summed E-state index contributed by atoms with van der Waals surface area (Å²) in [4.78, 5) is 71.5. The fourth-order valence-corrected chi connectivity index (χ4v) is 6.84. The number of carboxylic acids is 1. The van der Waals surface area contributed by atoms with Crippen LogP contribution in [0.5, 0.6) is 0 Å². The highest BCUT2D eigenvalue weighted by Gasteiger charge is 2.34. The molecular weight excluding hydrogens is 622 g/mol. The minimum absolute atomic E-state index is 0.0384. The maximum absolute atomic E-state index is 13.5. The first-order valence-corrected chi connectivity index (χ1v) is 17.0. The highest BCUT2D eigenvalue weighted by Crippen LogP contribution is 2.30. The van der Waals surface area contributed by atoms with Crippen LogP contribution in [0.15, 0.2) is 35.7 Å². The number of aromatic nitrogens is 1. The zero-order chi connectivity index (χ0) is 34.8. The molecule has 2 aromatic rings. The number of aliphatic carboxylic acids is 1. The molecule has 0 spiro atoms. The molecule has 5 unspecified atom stereocenters. The summed E-state index contributed by atoms with van der Waals surface area (Å²) in [7, 11) is 3.57. The van der Waals surface area contributed by atoms with E-state index in [1.54, 1.807) is 31.2 Å². The second kappa shape index (κ2) is 17.4. The van der Waals surface area contributed by atoms with Crippen LogP contribution in [-0.4, -0.2) is 94.4 Å². The second-order valence-corrected chi connectivity index (χ2v) is 13.8. The third kappa shape index (κ3) is 10.9. The van der Waals surface area contributed by atoms with Gasteiger partial charge >= 0.3 is 11.9 Å². The average molecular weight is 672 g/mol. The maximum Gasteiger partial charge on any atom is 0.306 e. The highest BCUT2D eigenvalue weighted by molar-refractivity contribution is 7.09. The number of ether oxygens (including phenoxy) is 1. The smallest absolute Gasteiger partial charge is 0.306 e. The van der Waals surface area contributed by atoms with Gasteiger partial charge < -0.3 is 25.4 Å². The minimum Gasteiger partial charge on any atom is -0.481 e. The number of carbonyl (C=O) groups excluding carboxylic acids is 4. The normalized spacial score (nSPS) is 18.1. The first-order chi connectivity index (χ1) is 22.2. The molecule has 1 fully saturated rings. The van der Waals surface area contributed by atoms with Gasteiger partial charge in [0.2, 0.25) is 11.8 Å². The van der Waals surface area contributed by atoms with Crippen molar-refractivity contribution in [3.8, 4) is 0 Å². The predicted molar refractivity (Wildman–Crippen MR) is 179 cm³/mol. The van der Waals surface area contributed by atoms with E-state index in [9.17, 15) is 29.1 Å². The van der Waals surface area contributed by atoms with Crippen molar-refractivity contribution in [2.24, 2.45) is 11.8 Å². The number of carbonyl (C=O) groups is 5. The molecule has 3 amide bonds. The summed E-state index contributed by atoms with van der Waals surface area (Å²) in [5.41, 5.74) is 1.09. The zero-order valence-corrected chi connectivity index (χ0v) is 29.2. The molecule has 3 N–H and O–H groups in total. The van der Waals surface area contributed by atoms with Gasteiger partial charge in [0.25, 0.3) is 5.91 Å². The average Bonchev–Trinajstić information content (AvgIpc) is 3.68. The van der Waals surface area contributed by atoms with Gasteiger partial charge in [0.15, 0.2) is 6.10 Å². The van der Waals surface area contributed by atoms with Crippen LogP contribution in [0.25, 0.3) is 0 Å². The number of nitrogens with zero attached hydrogens (tertiary/aromatic N) is 3. The van der Waals surface area contributed by atoms with Crippen LogP contribution in [0.2, 0.25) is 0 Å². The largest absolute Gasteiger partial charge is 0.481 e. The number of likely N-dealkylation sites (N-methyl/N-ethyl adjacent to an activating group) is 2. The molecule has 3 rings (SSSR count). The minimum atomic E-state index is -0.946. The van der Waals surface area contributed by atoms with Gasteiger partial charge in [-0.1, -0.05) is 51.1 Å². The summed E-state index contributed by atoms with van der Waals surface area (Å²) in [5.74, 6) is -3.08. The van der Waals surface area contributed by atoms with Crippen molar-refractivity contribution >= 4 is 41.0 Å². The van der Waals surface area contributed by atoms with E-state index >= 15 is 0 Å². The van der Waals surface area contributed by atoms with Gasteiger partial charge in [0, 0.05) is 37.9 Å². The van der Waals surface area contributed by atoms with Crippen molar-refractivity contribution in [1.29, 1.82) is 0 Å². The molecule has 0 aliphatic carbocycles. The van der Waals surface area contributed by atoms with Gasteiger partial charge in [-0.25, -0.2) is 4.98 Å². The van der Waals surface area contributed by atoms with Crippen molar-refractivity contribution in [3.63, 3.8) is 0 Å². The lowest BCUT2D eigenvalue weighted by Gasteiger charge is -2.35. The maximum atomic E-state index is 13.5. The molecule has 0 saturated carbocycles. The van der Waals surface area contributed by atoms with E-state index in [1.807, 2.05) is 56.1 Å². The van der Waals surface area contributed by atoms with Crippen molar-refractivity contribution in [1.82, 2.24) is 25.4 Å². The van der Waals surface area contributed by atoms with E-state index in [2.05, 4.69) is 15.6 Å². The number of benzene rings is 1. The van der Waals surface area contributed by atoms with Gasteiger partial charge in [-0.05, 0) is 57.7 Å². The summed E-state index contributed by atoms with van der Waals surface area (Å²) in [6, 6.07) is 7.67. The lowest BCUT2D eigenvalue weighted by Crippen LogP contribution is -2.53. The van der Waals surface area contributed by atoms with Crippen molar-refractivity contribution in [2.75, 3.05) is 20.6 Å². The number of rotatable bonds is 16. The second-order valence-electron chi connectivity index (χ2n) is 12.9. The number of esters is 1. The SMILES string of the molecule is CC(=O)OC(CC(C(C)C)N(C)C(=O)C(C)NC(=O)[C@H]1CCCN1C)c1nc(C(=O)NC(Cc2ccccc2)CC(C)C(=O)O)cs1. The highest BCUT2D eigenvalue weighted by atomic mass is 32.1. The third-order valence-corrected chi connectivity index (χ3v) is 9.62. The summed E-state index contributed by atoms with van der Waals surface area (Å²) in [5, 5.41) is 17.3. The summed E-state index contributed by atoms with van der Waals surface area (Å²) in [6.07, 6.45) is 1.76. The Bertz CT molecular complexity index is 1380. The molecule has 1 aliphatic rings. The molecule has 2 heterocycles. The van der Waals surface area contributed by atoms with E-state index < -0.39 is 42.0 Å². The Morgan fingerprint density at radius 1 is 1.09 bits per heavy atom. The fraction of sp³-hybridized carbons (Fsp3) is 0.588. The molecular formula is C34H49N5O7S. The van der Waals surface area contributed by atoms with E-state index in [-0.39, 0.29) is 48.4 Å². The van der Waals surface area contributed by atoms with Crippen molar-refractivity contribution in [3.05, 3.63) is 52.0 Å². The Balaban J connectivity index is 1.74. The Hall–Kier alpha value is -3.84. The lowest BCUT2D eigenvalue weighted by atomic mass is 9.95. The van der Waals surface area contributed by atoms with Crippen LogP contribution in [0.3, 0.4) is 0 Å². The first kappa shape index (κ1) is 37.6. The molecule has 6 atom stereocenters. The Morgan fingerprint density at radius 2 is 1.77 bits per heavy atom. The number of nitrogens with one attached hydrogen (secondary N) is 2. The topological polar surface area (TPSA) is 158 Å². The third-order valence-electron chi connectivity index (χ3n) is 8.68. The van der Waals surface area contributed by atoms with E-state index in [4.69, 9.17) is 4.74 Å². The number of carboxylic acid groups (broad SMARTS) is 1. The molecule has 12 nitrogen and oxygen atoms in total. The number of hydrogen-bond donors (Lipinski definition) is 3. The molecule has 258 valence electrons. The number of amides is 3. The molecule has 1 aliphatic heterocycles. The Kier molecular flexibility index (Phi) is 13.9. The van der Waals surface area contributed by atoms with Gasteiger partial charge in [0.05, 0.1) is 12.0 Å². The summed E-state index contributed by atoms with van der Waals surface area (Å²) in [6.45, 7) is 9.32. The summed E-state index contributed by atoms with van der Waals surface area (Å²) < 4.78 is 5.68. The van der Waals surface area contributed by atoms with Crippen LogP contribution >= 0.6 is 11.3 Å². The van der Waals surface area contributed by atoms with Crippen LogP contribution in [0, 0.1) is 11.8 Å². The summed E-state index contributed by atoms with van der Waals surface area (Å²) >= 11 is 1.17. The first-order valence-electron chi connectivity index (χ1n) is 16.1. The Labute approximate surface area is 281 Å². The molecule has 47 heavy (non-hydrogen) atoms. The van der Waals surface area contributed by atoms with E-state index in [1.165, 1.54) is 18.3 Å². The number of thiazole rings is 1. The van der Waals surface area contributed by atoms with Gasteiger partial charge in [-0.15, -0.1) is 11.3 Å². The van der Waals surface area contributed by atoms with Gasteiger partial charge in [-0.3, -0.25) is 28.9 Å². The van der Waals surface area contributed by atoms with E-state index in [0.717, 1.165) is 24.9 Å². The number of likely N-dealkylation sites (tertiary alicyclic amines) is 1. The molecule has 0 bridgehead atoms. The molecule has 1 aromatic heterocycles. The lowest BCUT2D eigenvalue weighted by molar-refractivity contribution is -0.149. The quantitative estimate of drug-likeness (QED) is 0.227. The number of hydrogen-bond acceptors (Lipinski definition) is 9. The van der Waals surface area contributed by atoms with Crippen LogP contribution in [0.4, 0.5) is 0 Å². The monoisotopic (exact) mass is 671 g/mol. The van der Waals surface area contributed by atoms with Gasteiger partial charge in [0.1, 0.15) is 16.7 Å². The van der Waals surface area contributed by atoms with Gasteiger partial charge in [-0.2, -0.15) is 0 Å². The molecule has 1 aromatic carbocycles. The van der Waals surface area contributed by atoms with Crippen molar-refractivity contribution < 1.29 is 33.8 Å².